The number of carbonyl (C=O) groups is 1. The van der Waals surface area contributed by atoms with Gasteiger partial charge >= 0.3 is 16.4 Å². The largest absolute Gasteiger partial charge is 0.443 e. The molecule has 0 aliphatic carbocycles. The Morgan fingerprint density at radius 3 is 2.50 bits per heavy atom. The number of carbonyl (C=O) groups excluding carboxylic acids is 1. The first-order valence-electron chi connectivity index (χ1n) is 6.94. The normalized spacial score (nSPS) is 22.3. The van der Waals surface area contributed by atoms with Crippen LogP contribution in [-0.2, 0) is 19.2 Å². The molecule has 1 unspecified atom stereocenters. The van der Waals surface area contributed by atoms with Gasteiger partial charge in [0.25, 0.3) is 0 Å². The third-order valence-electron chi connectivity index (χ3n) is 2.87. The Morgan fingerprint density at radius 2 is 2.00 bits per heavy atom. The van der Waals surface area contributed by atoms with Gasteiger partial charge in [-0.3, -0.25) is 4.18 Å². The van der Waals surface area contributed by atoms with Gasteiger partial charge in [-0.25, -0.2) is 4.79 Å². The molecule has 1 saturated heterocycles. The highest BCUT2D eigenvalue weighted by atomic mass is 32.2. The molecule has 20 heavy (non-hydrogen) atoms. The monoisotopic (exact) mass is 307 g/mol. The number of ether oxygens (including phenoxy) is 1. The first-order chi connectivity index (χ1) is 9.03. The third kappa shape index (κ3) is 4.94. The molecule has 6 nitrogen and oxygen atoms in total. The van der Waals surface area contributed by atoms with E-state index in [2.05, 4.69) is 13.8 Å². The quantitative estimate of drug-likeness (QED) is 0.798. The van der Waals surface area contributed by atoms with Gasteiger partial charge in [-0.2, -0.15) is 12.7 Å². The van der Waals surface area contributed by atoms with Crippen molar-refractivity contribution in [3.63, 3.8) is 0 Å². The van der Waals surface area contributed by atoms with Crippen molar-refractivity contribution in [2.75, 3.05) is 6.61 Å². The predicted molar refractivity (Wildman–Crippen MR) is 75.4 cm³/mol. The van der Waals surface area contributed by atoms with Gasteiger partial charge in [-0.15, -0.1) is 0 Å². The molecule has 0 radical (unpaired) electrons. The summed E-state index contributed by atoms with van der Waals surface area (Å²) in [6, 6.07) is -0.464. The fraction of sp³-hybridized carbons (Fsp3) is 0.923. The van der Waals surface area contributed by atoms with Crippen molar-refractivity contribution in [2.45, 2.75) is 65.5 Å². The summed E-state index contributed by atoms with van der Waals surface area (Å²) < 4.78 is 34.2. The number of hydrogen-bond donors (Lipinski definition) is 0. The van der Waals surface area contributed by atoms with Crippen LogP contribution in [0.4, 0.5) is 4.79 Å². The van der Waals surface area contributed by atoms with Gasteiger partial charge in [0.15, 0.2) is 0 Å². The van der Waals surface area contributed by atoms with E-state index in [-0.39, 0.29) is 6.61 Å². The Hall–Kier alpha value is -0.820. The molecule has 7 heteroatoms. The Labute approximate surface area is 121 Å². The fourth-order valence-electron chi connectivity index (χ4n) is 1.98. The van der Waals surface area contributed by atoms with E-state index in [1.54, 1.807) is 20.8 Å². The molecule has 0 saturated carbocycles. The second-order valence-electron chi connectivity index (χ2n) is 6.50. The molecular weight excluding hydrogens is 282 g/mol. The third-order valence-corrected chi connectivity index (χ3v) is 4.24. The molecule has 1 rings (SSSR count). The van der Waals surface area contributed by atoms with E-state index in [0.29, 0.717) is 12.3 Å². The molecule has 0 aromatic carbocycles. The topological polar surface area (TPSA) is 72.9 Å². The number of hydrogen-bond acceptors (Lipinski definition) is 5. The second-order valence-corrected chi connectivity index (χ2v) is 7.98. The molecule has 118 valence electrons. The number of nitrogens with zero attached hydrogens (tertiary/aromatic N) is 1. The van der Waals surface area contributed by atoms with Crippen molar-refractivity contribution in [3.8, 4) is 0 Å². The van der Waals surface area contributed by atoms with E-state index in [1.165, 1.54) is 0 Å². The lowest BCUT2D eigenvalue weighted by Crippen LogP contribution is -2.42. The van der Waals surface area contributed by atoms with Crippen molar-refractivity contribution in [1.29, 1.82) is 0 Å². The SMILES string of the molecule is CC(C)CCCC1COS(=O)(=O)N1C(=O)OC(C)(C)C. The molecule has 0 aromatic rings. The number of rotatable bonds is 4. The van der Waals surface area contributed by atoms with Gasteiger partial charge in [0, 0.05) is 0 Å². The molecule has 0 spiro atoms. The lowest BCUT2D eigenvalue weighted by molar-refractivity contribution is 0.0351. The average molecular weight is 307 g/mol. The summed E-state index contributed by atoms with van der Waals surface area (Å²) in [5.41, 5.74) is -0.738. The molecule has 0 N–H and O–H groups in total. The highest BCUT2D eigenvalue weighted by Crippen LogP contribution is 2.26. The van der Waals surface area contributed by atoms with Gasteiger partial charge in [-0.05, 0) is 33.1 Å². The van der Waals surface area contributed by atoms with E-state index in [4.69, 9.17) is 8.92 Å². The van der Waals surface area contributed by atoms with Gasteiger partial charge < -0.3 is 4.74 Å². The van der Waals surface area contributed by atoms with Crippen LogP contribution in [0, 0.1) is 5.92 Å². The Morgan fingerprint density at radius 1 is 1.40 bits per heavy atom. The molecule has 1 heterocycles. The van der Waals surface area contributed by atoms with Crippen LogP contribution in [-0.4, -0.2) is 37.1 Å². The Kier molecular flexibility index (Phi) is 5.43. The van der Waals surface area contributed by atoms with Gasteiger partial charge in [0.1, 0.15) is 5.60 Å². The predicted octanol–water partition coefficient (Wildman–Crippen LogP) is 2.69. The van der Waals surface area contributed by atoms with Crippen LogP contribution in [0.1, 0.15) is 53.9 Å². The average Bonchev–Trinajstić information content (AvgIpc) is 2.50. The van der Waals surface area contributed by atoms with E-state index in [0.717, 1.165) is 17.1 Å². The highest BCUT2D eigenvalue weighted by Gasteiger charge is 2.44. The maximum Gasteiger partial charge on any atom is 0.426 e. The Bertz CT molecular complexity index is 438. The van der Waals surface area contributed by atoms with Crippen molar-refractivity contribution in [1.82, 2.24) is 4.31 Å². The minimum Gasteiger partial charge on any atom is -0.443 e. The van der Waals surface area contributed by atoms with Crippen LogP contribution < -0.4 is 0 Å². The maximum absolute atomic E-state index is 12.0. The molecule has 1 aliphatic heterocycles. The van der Waals surface area contributed by atoms with Crippen LogP contribution in [0.25, 0.3) is 0 Å². The second kappa shape index (κ2) is 6.30. The summed E-state index contributed by atoms with van der Waals surface area (Å²) in [4.78, 5) is 12.0. The zero-order valence-corrected chi connectivity index (χ0v) is 13.7. The van der Waals surface area contributed by atoms with Crippen molar-refractivity contribution in [3.05, 3.63) is 0 Å². The first kappa shape index (κ1) is 17.2. The number of amides is 1. The van der Waals surface area contributed by atoms with E-state index in [9.17, 15) is 13.2 Å². The van der Waals surface area contributed by atoms with Crippen LogP contribution >= 0.6 is 0 Å². The lowest BCUT2D eigenvalue weighted by atomic mass is 10.0. The van der Waals surface area contributed by atoms with Crippen LogP contribution in [0.5, 0.6) is 0 Å². The Balaban J connectivity index is 2.73. The molecule has 1 amide bonds. The zero-order chi connectivity index (χ0) is 15.6. The summed E-state index contributed by atoms with van der Waals surface area (Å²) in [6.45, 7) is 9.31. The lowest BCUT2D eigenvalue weighted by Gasteiger charge is -2.26. The molecule has 1 fully saturated rings. The van der Waals surface area contributed by atoms with Crippen LogP contribution in [0.2, 0.25) is 0 Å². The van der Waals surface area contributed by atoms with Crippen LogP contribution in [0.3, 0.4) is 0 Å². The zero-order valence-electron chi connectivity index (χ0n) is 12.9. The summed E-state index contributed by atoms with van der Waals surface area (Å²) in [6.07, 6.45) is 1.57. The maximum atomic E-state index is 12.0. The van der Waals surface area contributed by atoms with E-state index < -0.39 is 28.0 Å². The molecule has 0 bridgehead atoms. The first-order valence-corrected chi connectivity index (χ1v) is 8.31. The van der Waals surface area contributed by atoms with Gasteiger partial charge in [-0.1, -0.05) is 26.7 Å². The van der Waals surface area contributed by atoms with E-state index >= 15 is 0 Å². The smallest absolute Gasteiger partial charge is 0.426 e. The van der Waals surface area contributed by atoms with E-state index in [1.807, 2.05) is 0 Å². The molecule has 1 atom stereocenters. The minimum atomic E-state index is -4.00. The van der Waals surface area contributed by atoms with Crippen molar-refractivity contribution in [2.24, 2.45) is 5.92 Å². The molecule has 1 aliphatic rings. The van der Waals surface area contributed by atoms with Gasteiger partial charge in [0.2, 0.25) is 0 Å². The summed E-state index contributed by atoms with van der Waals surface area (Å²) in [5, 5.41) is 0. The summed E-state index contributed by atoms with van der Waals surface area (Å²) >= 11 is 0. The minimum absolute atomic E-state index is 0.0136. The highest BCUT2D eigenvalue weighted by molar-refractivity contribution is 7.85. The molecular formula is C13H25NO5S. The van der Waals surface area contributed by atoms with Crippen molar-refractivity contribution >= 4 is 16.4 Å². The summed E-state index contributed by atoms with van der Waals surface area (Å²) in [7, 11) is -4.00. The van der Waals surface area contributed by atoms with Crippen LogP contribution in [0.15, 0.2) is 0 Å². The standard InChI is InChI=1S/C13H25NO5S/c1-10(2)7-6-8-11-9-18-20(16,17)14(11)12(15)19-13(3,4)5/h10-11H,6-9H2,1-5H3. The van der Waals surface area contributed by atoms with Crippen molar-refractivity contribution < 1.29 is 22.1 Å². The van der Waals surface area contributed by atoms with Gasteiger partial charge in [0.05, 0.1) is 12.6 Å². The molecule has 0 aromatic heterocycles. The fourth-order valence-corrected chi connectivity index (χ4v) is 3.18. The summed E-state index contributed by atoms with van der Waals surface area (Å²) in [5.74, 6) is 0.545.